The van der Waals surface area contributed by atoms with E-state index >= 15 is 0 Å². The number of hydrogen-bond acceptors (Lipinski definition) is 6. The lowest BCUT2D eigenvalue weighted by Gasteiger charge is -2.10. The average Bonchev–Trinajstić information content (AvgIpc) is 2.59. The van der Waals surface area contributed by atoms with Crippen LogP contribution in [0, 0.1) is 11.3 Å². The maximum Gasteiger partial charge on any atom is 0.270 e. The number of nitriles is 1. The number of nitrogens with zero attached hydrogens (tertiary/aromatic N) is 4. The molecular formula is C17H20N6O. The van der Waals surface area contributed by atoms with Gasteiger partial charge in [0.05, 0.1) is 11.3 Å². The van der Waals surface area contributed by atoms with Crippen molar-refractivity contribution in [2.75, 3.05) is 32.5 Å². The lowest BCUT2D eigenvalue weighted by molar-refractivity contribution is 0.0947. The molecule has 2 rings (SSSR count). The second kappa shape index (κ2) is 8.60. The Bertz CT molecular complexity index is 738. The molecule has 0 saturated heterocycles. The number of para-hydroxylation sites is 1. The first-order valence-electron chi connectivity index (χ1n) is 7.62. The van der Waals surface area contributed by atoms with Crippen LogP contribution in [0.2, 0.25) is 0 Å². The summed E-state index contributed by atoms with van der Waals surface area (Å²) in [5, 5.41) is 14.9. The highest BCUT2D eigenvalue weighted by Crippen LogP contribution is 2.17. The summed E-state index contributed by atoms with van der Waals surface area (Å²) < 4.78 is 0. The van der Waals surface area contributed by atoms with Crippen molar-refractivity contribution in [3.63, 3.8) is 0 Å². The fourth-order valence-electron chi connectivity index (χ4n) is 2.04. The lowest BCUT2D eigenvalue weighted by Crippen LogP contribution is -2.28. The van der Waals surface area contributed by atoms with Crippen LogP contribution in [0.15, 0.2) is 36.5 Å². The molecule has 0 bridgehead atoms. The third-order valence-electron chi connectivity index (χ3n) is 3.25. The standard InChI is InChI=1S/C17H20N6O/c1-23(2)11-5-9-19-16(24)15-8-10-20-17(22-15)21-14-7-4-3-6-13(14)12-18/h3-4,6-8,10H,5,9,11H2,1-2H3,(H,19,24)(H,20,21,22). The number of carbonyl (C=O) groups is 1. The fraction of sp³-hybridized carbons (Fsp3) is 0.294. The topological polar surface area (TPSA) is 93.9 Å². The van der Waals surface area contributed by atoms with E-state index in [1.807, 2.05) is 20.2 Å². The second-order valence-electron chi connectivity index (χ2n) is 5.46. The van der Waals surface area contributed by atoms with Gasteiger partial charge in [-0.05, 0) is 45.3 Å². The van der Waals surface area contributed by atoms with Gasteiger partial charge in [0.15, 0.2) is 0 Å². The first kappa shape index (κ1) is 17.4. The molecule has 2 aromatic rings. The maximum atomic E-state index is 12.1. The molecule has 0 unspecified atom stereocenters. The second-order valence-corrected chi connectivity index (χ2v) is 5.46. The zero-order valence-corrected chi connectivity index (χ0v) is 13.8. The number of hydrogen-bond donors (Lipinski definition) is 2. The molecule has 0 fully saturated rings. The van der Waals surface area contributed by atoms with Gasteiger partial charge in [-0.3, -0.25) is 4.79 Å². The molecule has 2 N–H and O–H groups in total. The van der Waals surface area contributed by atoms with Gasteiger partial charge in [0.2, 0.25) is 5.95 Å². The molecule has 1 heterocycles. The van der Waals surface area contributed by atoms with E-state index in [0.717, 1.165) is 13.0 Å². The molecule has 0 aliphatic heterocycles. The van der Waals surface area contributed by atoms with Gasteiger partial charge in [0.1, 0.15) is 11.8 Å². The van der Waals surface area contributed by atoms with Crippen LogP contribution >= 0.6 is 0 Å². The van der Waals surface area contributed by atoms with E-state index in [-0.39, 0.29) is 17.5 Å². The molecule has 124 valence electrons. The van der Waals surface area contributed by atoms with E-state index in [4.69, 9.17) is 5.26 Å². The molecule has 0 atom stereocenters. The largest absolute Gasteiger partial charge is 0.351 e. The molecule has 0 radical (unpaired) electrons. The summed E-state index contributed by atoms with van der Waals surface area (Å²) in [4.78, 5) is 22.5. The third kappa shape index (κ3) is 5.04. The first-order valence-corrected chi connectivity index (χ1v) is 7.62. The van der Waals surface area contributed by atoms with Crippen molar-refractivity contribution in [1.29, 1.82) is 5.26 Å². The number of rotatable bonds is 7. The van der Waals surface area contributed by atoms with Crippen LogP contribution in [0.1, 0.15) is 22.5 Å². The molecule has 7 heteroatoms. The summed E-state index contributed by atoms with van der Waals surface area (Å²) in [5.74, 6) is 0.0337. The van der Waals surface area contributed by atoms with Gasteiger partial charge in [-0.1, -0.05) is 12.1 Å². The van der Waals surface area contributed by atoms with Gasteiger partial charge in [-0.25, -0.2) is 9.97 Å². The minimum atomic E-state index is -0.243. The summed E-state index contributed by atoms with van der Waals surface area (Å²) in [6, 6.07) is 10.7. The Kier molecular flexibility index (Phi) is 6.23. The number of anilines is 2. The van der Waals surface area contributed by atoms with Gasteiger partial charge >= 0.3 is 0 Å². The number of nitrogens with one attached hydrogen (secondary N) is 2. The van der Waals surface area contributed by atoms with Crippen molar-refractivity contribution < 1.29 is 4.79 Å². The fourth-order valence-corrected chi connectivity index (χ4v) is 2.04. The van der Waals surface area contributed by atoms with Crippen LogP contribution < -0.4 is 10.6 Å². The predicted octanol–water partition coefficient (Wildman–Crippen LogP) is 1.77. The van der Waals surface area contributed by atoms with E-state index in [1.165, 1.54) is 6.20 Å². The Morgan fingerprint density at radius 2 is 2.08 bits per heavy atom. The zero-order chi connectivity index (χ0) is 17.4. The average molecular weight is 324 g/mol. The van der Waals surface area contributed by atoms with Crippen molar-refractivity contribution in [3.05, 3.63) is 47.8 Å². The van der Waals surface area contributed by atoms with Crippen LogP contribution in [0.25, 0.3) is 0 Å². The highest BCUT2D eigenvalue weighted by atomic mass is 16.1. The molecule has 0 aliphatic rings. The van der Waals surface area contributed by atoms with Gasteiger partial charge in [0, 0.05) is 12.7 Å². The van der Waals surface area contributed by atoms with Crippen molar-refractivity contribution in [1.82, 2.24) is 20.2 Å². The predicted molar refractivity (Wildman–Crippen MR) is 92.0 cm³/mol. The van der Waals surface area contributed by atoms with Gasteiger partial charge < -0.3 is 15.5 Å². The summed E-state index contributed by atoms with van der Waals surface area (Å²) >= 11 is 0. The quantitative estimate of drug-likeness (QED) is 0.754. The first-order chi connectivity index (χ1) is 11.6. The van der Waals surface area contributed by atoms with Crippen LogP contribution in [-0.4, -0.2) is 48.0 Å². The van der Waals surface area contributed by atoms with Crippen molar-refractivity contribution in [2.45, 2.75) is 6.42 Å². The Balaban J connectivity index is 2.01. The molecule has 0 spiro atoms. The van der Waals surface area contributed by atoms with E-state index < -0.39 is 0 Å². The van der Waals surface area contributed by atoms with Crippen LogP contribution in [-0.2, 0) is 0 Å². The van der Waals surface area contributed by atoms with Gasteiger partial charge in [0.25, 0.3) is 5.91 Å². The van der Waals surface area contributed by atoms with E-state index in [9.17, 15) is 4.79 Å². The molecule has 1 aromatic carbocycles. The van der Waals surface area contributed by atoms with E-state index in [2.05, 4.69) is 31.6 Å². The molecule has 7 nitrogen and oxygen atoms in total. The molecule has 1 aromatic heterocycles. The number of aromatic nitrogens is 2. The maximum absolute atomic E-state index is 12.1. The zero-order valence-electron chi connectivity index (χ0n) is 13.8. The minimum Gasteiger partial charge on any atom is -0.351 e. The summed E-state index contributed by atoms with van der Waals surface area (Å²) in [6.45, 7) is 1.49. The van der Waals surface area contributed by atoms with Gasteiger partial charge in [-0.15, -0.1) is 0 Å². The lowest BCUT2D eigenvalue weighted by atomic mass is 10.2. The smallest absolute Gasteiger partial charge is 0.270 e. The van der Waals surface area contributed by atoms with Crippen molar-refractivity contribution in [2.24, 2.45) is 0 Å². The number of amides is 1. The van der Waals surface area contributed by atoms with Crippen molar-refractivity contribution in [3.8, 4) is 6.07 Å². The van der Waals surface area contributed by atoms with E-state index in [1.54, 1.807) is 24.3 Å². The van der Waals surface area contributed by atoms with Gasteiger partial charge in [-0.2, -0.15) is 5.26 Å². The number of benzene rings is 1. The Morgan fingerprint density at radius 1 is 1.29 bits per heavy atom. The van der Waals surface area contributed by atoms with Crippen LogP contribution in [0.5, 0.6) is 0 Å². The Morgan fingerprint density at radius 3 is 2.83 bits per heavy atom. The normalized spacial score (nSPS) is 10.2. The highest BCUT2D eigenvalue weighted by Gasteiger charge is 2.09. The number of carbonyl (C=O) groups excluding carboxylic acids is 1. The molecule has 0 aliphatic carbocycles. The van der Waals surface area contributed by atoms with E-state index in [0.29, 0.717) is 17.8 Å². The minimum absolute atomic E-state index is 0.243. The summed E-state index contributed by atoms with van der Waals surface area (Å²) in [5.41, 5.74) is 1.37. The monoisotopic (exact) mass is 324 g/mol. The third-order valence-corrected chi connectivity index (χ3v) is 3.25. The molecule has 1 amide bonds. The molecule has 0 saturated carbocycles. The molecule has 24 heavy (non-hydrogen) atoms. The van der Waals surface area contributed by atoms with Crippen molar-refractivity contribution >= 4 is 17.5 Å². The summed E-state index contributed by atoms with van der Waals surface area (Å²) in [7, 11) is 3.98. The Hall–Kier alpha value is -2.98. The summed E-state index contributed by atoms with van der Waals surface area (Å²) in [6.07, 6.45) is 2.38. The van der Waals surface area contributed by atoms with Crippen LogP contribution in [0.4, 0.5) is 11.6 Å². The molecular weight excluding hydrogens is 304 g/mol. The Labute approximate surface area is 141 Å². The SMILES string of the molecule is CN(C)CCCNC(=O)c1ccnc(Nc2ccccc2C#N)n1. The highest BCUT2D eigenvalue weighted by molar-refractivity contribution is 5.92. The van der Waals surface area contributed by atoms with Crippen LogP contribution in [0.3, 0.4) is 0 Å².